The molecule has 4 nitrogen and oxygen atoms in total. The van der Waals surface area contributed by atoms with Gasteiger partial charge in [0.15, 0.2) is 0 Å². The molecule has 2 heterocycles. The van der Waals surface area contributed by atoms with Crippen molar-refractivity contribution in [3.8, 4) is 10.4 Å². The molecule has 29 heavy (non-hydrogen) atoms. The van der Waals surface area contributed by atoms with E-state index in [4.69, 9.17) is 0 Å². The average Bonchev–Trinajstić information content (AvgIpc) is 3.29. The highest BCUT2D eigenvalue weighted by Crippen LogP contribution is 2.39. The van der Waals surface area contributed by atoms with Crippen molar-refractivity contribution < 1.29 is 9.59 Å². The van der Waals surface area contributed by atoms with Gasteiger partial charge in [-0.05, 0) is 54.7 Å². The maximum Gasteiger partial charge on any atom is 0.226 e. The van der Waals surface area contributed by atoms with Gasteiger partial charge in [-0.1, -0.05) is 44.2 Å². The van der Waals surface area contributed by atoms with Gasteiger partial charge in [-0.25, -0.2) is 0 Å². The molecule has 2 aromatic rings. The molecule has 5 heteroatoms. The maximum absolute atomic E-state index is 13.0. The van der Waals surface area contributed by atoms with Crippen LogP contribution in [0.4, 0.5) is 0 Å². The van der Waals surface area contributed by atoms with Crippen molar-refractivity contribution in [1.82, 2.24) is 10.2 Å². The highest BCUT2D eigenvalue weighted by atomic mass is 32.1. The number of benzene rings is 1. The van der Waals surface area contributed by atoms with Gasteiger partial charge in [-0.3, -0.25) is 9.59 Å². The molecule has 3 rings (SSSR count). The molecule has 0 bridgehead atoms. The van der Waals surface area contributed by atoms with E-state index in [0.29, 0.717) is 32.4 Å². The second-order valence-electron chi connectivity index (χ2n) is 8.01. The Morgan fingerprint density at radius 1 is 1.10 bits per heavy atom. The summed E-state index contributed by atoms with van der Waals surface area (Å²) in [6, 6.07) is 12.6. The van der Waals surface area contributed by atoms with Crippen LogP contribution in [-0.4, -0.2) is 36.9 Å². The molecule has 1 aromatic heterocycles. The lowest BCUT2D eigenvalue weighted by Crippen LogP contribution is -2.51. The Morgan fingerprint density at radius 3 is 2.38 bits per heavy atom. The Morgan fingerprint density at radius 2 is 1.79 bits per heavy atom. The first kappa shape index (κ1) is 21.6. The normalized spacial score (nSPS) is 16.1. The first-order valence-corrected chi connectivity index (χ1v) is 11.6. The van der Waals surface area contributed by atoms with E-state index in [1.807, 2.05) is 4.90 Å². The van der Waals surface area contributed by atoms with Crippen molar-refractivity contribution in [1.29, 1.82) is 0 Å². The summed E-state index contributed by atoms with van der Waals surface area (Å²) in [6.45, 7) is 5.46. The first-order valence-electron chi connectivity index (χ1n) is 10.7. The molecule has 0 atom stereocenters. The van der Waals surface area contributed by atoms with E-state index in [9.17, 15) is 9.59 Å². The SMILES string of the molecule is CCC(CC)C(=O)N1CCC(Cc2ccccc2-c2cccs2)(C(=O)NC)CC1. The summed E-state index contributed by atoms with van der Waals surface area (Å²) in [6.07, 6.45) is 3.86. The second-order valence-corrected chi connectivity index (χ2v) is 8.96. The van der Waals surface area contributed by atoms with Crippen LogP contribution in [0.2, 0.25) is 0 Å². The molecule has 2 amide bonds. The molecule has 1 aliphatic heterocycles. The number of hydrogen-bond donors (Lipinski definition) is 1. The van der Waals surface area contributed by atoms with Crippen LogP contribution in [0.5, 0.6) is 0 Å². The third kappa shape index (κ3) is 4.55. The van der Waals surface area contributed by atoms with Gasteiger partial charge in [0.2, 0.25) is 11.8 Å². The van der Waals surface area contributed by atoms with Gasteiger partial charge in [0.1, 0.15) is 0 Å². The summed E-state index contributed by atoms with van der Waals surface area (Å²) < 4.78 is 0. The predicted molar refractivity (Wildman–Crippen MR) is 120 cm³/mol. The third-order valence-corrected chi connectivity index (χ3v) is 7.31. The van der Waals surface area contributed by atoms with Crippen LogP contribution in [-0.2, 0) is 16.0 Å². The maximum atomic E-state index is 13.0. The van der Waals surface area contributed by atoms with Crippen molar-refractivity contribution in [2.45, 2.75) is 46.0 Å². The Labute approximate surface area is 178 Å². The summed E-state index contributed by atoms with van der Waals surface area (Å²) >= 11 is 1.72. The Kier molecular flexibility index (Phi) is 7.12. The van der Waals surface area contributed by atoms with Gasteiger partial charge in [0.25, 0.3) is 0 Å². The molecule has 0 radical (unpaired) electrons. The van der Waals surface area contributed by atoms with Gasteiger partial charge in [0, 0.05) is 30.9 Å². The van der Waals surface area contributed by atoms with E-state index in [0.717, 1.165) is 12.8 Å². The topological polar surface area (TPSA) is 49.4 Å². The highest BCUT2D eigenvalue weighted by Gasteiger charge is 2.42. The lowest BCUT2D eigenvalue weighted by atomic mass is 9.72. The zero-order valence-corrected chi connectivity index (χ0v) is 18.6. The van der Waals surface area contributed by atoms with Crippen molar-refractivity contribution in [2.75, 3.05) is 20.1 Å². The Balaban J connectivity index is 1.82. The van der Waals surface area contributed by atoms with Crippen LogP contribution in [0.15, 0.2) is 41.8 Å². The van der Waals surface area contributed by atoms with Crippen molar-refractivity contribution in [3.05, 3.63) is 47.3 Å². The number of carbonyl (C=O) groups is 2. The molecule has 1 aromatic carbocycles. The number of rotatable bonds is 7. The molecule has 1 N–H and O–H groups in total. The molecule has 156 valence electrons. The minimum absolute atomic E-state index is 0.0908. The summed E-state index contributed by atoms with van der Waals surface area (Å²) in [5.74, 6) is 0.440. The van der Waals surface area contributed by atoms with Gasteiger partial charge >= 0.3 is 0 Å². The molecule has 1 aliphatic rings. The molecule has 0 spiro atoms. The number of nitrogens with one attached hydrogen (secondary N) is 1. The predicted octanol–water partition coefficient (Wildman–Crippen LogP) is 4.75. The van der Waals surface area contributed by atoms with Crippen LogP contribution in [0.1, 0.15) is 45.1 Å². The van der Waals surface area contributed by atoms with Gasteiger partial charge in [-0.15, -0.1) is 11.3 Å². The number of nitrogens with zero attached hydrogens (tertiary/aromatic N) is 1. The fraction of sp³-hybridized carbons (Fsp3) is 0.500. The van der Waals surface area contributed by atoms with E-state index >= 15 is 0 Å². The molecular formula is C24H32N2O2S. The summed E-state index contributed by atoms with van der Waals surface area (Å²) in [5.41, 5.74) is 1.95. The highest BCUT2D eigenvalue weighted by molar-refractivity contribution is 7.13. The third-order valence-electron chi connectivity index (χ3n) is 6.41. The van der Waals surface area contributed by atoms with Crippen molar-refractivity contribution in [3.63, 3.8) is 0 Å². The van der Waals surface area contributed by atoms with Gasteiger partial charge in [-0.2, -0.15) is 0 Å². The zero-order chi connectivity index (χ0) is 20.9. The minimum atomic E-state index is -0.465. The number of likely N-dealkylation sites (tertiary alicyclic amines) is 1. The largest absolute Gasteiger partial charge is 0.359 e. The van der Waals surface area contributed by atoms with Crippen LogP contribution >= 0.6 is 11.3 Å². The van der Waals surface area contributed by atoms with Crippen LogP contribution in [0.25, 0.3) is 10.4 Å². The van der Waals surface area contributed by atoms with Gasteiger partial charge < -0.3 is 10.2 Å². The van der Waals surface area contributed by atoms with E-state index in [1.54, 1.807) is 18.4 Å². The molecule has 0 aliphatic carbocycles. The Hall–Kier alpha value is -2.14. The molecule has 1 saturated heterocycles. The fourth-order valence-corrected chi connectivity index (χ4v) is 5.30. The Bertz CT molecular complexity index is 819. The minimum Gasteiger partial charge on any atom is -0.359 e. The number of piperidine rings is 1. The van der Waals surface area contributed by atoms with Crippen molar-refractivity contribution >= 4 is 23.2 Å². The standard InChI is InChI=1S/C24H32N2O2S/c1-4-18(5-2)22(27)26-14-12-24(13-15-26,23(28)25-3)17-19-9-6-7-10-20(19)21-11-8-16-29-21/h6-11,16,18H,4-5,12-15,17H2,1-3H3,(H,25,28). The molecule has 0 saturated carbocycles. The summed E-state index contributed by atoms with van der Waals surface area (Å²) in [4.78, 5) is 29.0. The van der Waals surface area contributed by atoms with Crippen LogP contribution in [0, 0.1) is 11.3 Å². The van der Waals surface area contributed by atoms with Crippen molar-refractivity contribution in [2.24, 2.45) is 11.3 Å². The lowest BCUT2D eigenvalue weighted by molar-refractivity contribution is -0.143. The van der Waals surface area contributed by atoms with Crippen LogP contribution in [0.3, 0.4) is 0 Å². The first-order chi connectivity index (χ1) is 14.0. The lowest BCUT2D eigenvalue weighted by Gasteiger charge is -2.41. The second kappa shape index (κ2) is 9.57. The summed E-state index contributed by atoms with van der Waals surface area (Å²) in [7, 11) is 1.72. The average molecular weight is 413 g/mol. The van der Waals surface area contributed by atoms with Crippen LogP contribution < -0.4 is 5.32 Å². The number of amides is 2. The van der Waals surface area contributed by atoms with E-state index in [-0.39, 0.29) is 17.7 Å². The zero-order valence-electron chi connectivity index (χ0n) is 17.7. The summed E-state index contributed by atoms with van der Waals surface area (Å²) in [5, 5.41) is 4.99. The number of thiophene rings is 1. The van der Waals surface area contributed by atoms with E-state index in [2.05, 4.69) is 60.9 Å². The molecular weight excluding hydrogens is 380 g/mol. The smallest absolute Gasteiger partial charge is 0.226 e. The van der Waals surface area contributed by atoms with E-state index < -0.39 is 5.41 Å². The number of hydrogen-bond acceptors (Lipinski definition) is 3. The fourth-order valence-electron chi connectivity index (χ4n) is 4.51. The monoisotopic (exact) mass is 412 g/mol. The quantitative estimate of drug-likeness (QED) is 0.713. The number of carbonyl (C=O) groups excluding carboxylic acids is 2. The molecule has 1 fully saturated rings. The molecule has 0 unspecified atom stereocenters. The van der Waals surface area contributed by atoms with E-state index in [1.165, 1.54) is 16.0 Å². The van der Waals surface area contributed by atoms with Gasteiger partial charge in [0.05, 0.1) is 5.41 Å².